The molecule has 0 saturated carbocycles. The Balaban J connectivity index is 2.06. The molecule has 1 N–H and O–H groups in total. The summed E-state index contributed by atoms with van der Waals surface area (Å²) in [5.41, 5.74) is 2.36. The third kappa shape index (κ3) is 3.08. The topological polar surface area (TPSA) is 38.3 Å². The van der Waals surface area contributed by atoms with Gasteiger partial charge in [-0.25, -0.2) is 0 Å². The van der Waals surface area contributed by atoms with E-state index >= 15 is 0 Å². The number of ether oxygens (including phenoxy) is 1. The van der Waals surface area contributed by atoms with Crippen LogP contribution in [0.3, 0.4) is 0 Å². The standard InChI is InChI=1S/C19H16BrNO2/c1-12-6-5-8-14(10-12)21-19(22)16-11-13-7-3-4-9-15(13)17(20)18(16)23-2/h3-11H,1-2H3,(H,21,22). The second-order valence-corrected chi connectivity index (χ2v) is 6.11. The minimum Gasteiger partial charge on any atom is -0.495 e. The second kappa shape index (κ2) is 6.42. The van der Waals surface area contributed by atoms with E-state index in [2.05, 4.69) is 21.2 Å². The number of carbonyl (C=O) groups is 1. The van der Waals surface area contributed by atoms with Gasteiger partial charge in [-0.3, -0.25) is 4.79 Å². The van der Waals surface area contributed by atoms with Crippen molar-refractivity contribution in [3.05, 3.63) is 70.2 Å². The molecule has 0 aromatic heterocycles. The third-order valence-corrected chi connectivity index (χ3v) is 4.45. The van der Waals surface area contributed by atoms with Crippen LogP contribution in [-0.2, 0) is 0 Å². The molecule has 0 saturated heterocycles. The summed E-state index contributed by atoms with van der Waals surface area (Å²) in [7, 11) is 1.57. The Hall–Kier alpha value is -2.33. The average Bonchev–Trinajstić information content (AvgIpc) is 2.55. The quantitative estimate of drug-likeness (QED) is 0.691. The van der Waals surface area contributed by atoms with E-state index in [1.165, 1.54) is 0 Å². The van der Waals surface area contributed by atoms with Crippen molar-refractivity contribution in [3.8, 4) is 5.75 Å². The van der Waals surface area contributed by atoms with Crippen LogP contribution in [0.15, 0.2) is 59.1 Å². The number of fused-ring (bicyclic) bond motifs is 1. The lowest BCUT2D eigenvalue weighted by molar-refractivity contribution is 0.102. The van der Waals surface area contributed by atoms with E-state index < -0.39 is 0 Å². The average molecular weight is 370 g/mol. The fourth-order valence-corrected chi connectivity index (χ4v) is 3.31. The number of rotatable bonds is 3. The number of halogens is 1. The maximum Gasteiger partial charge on any atom is 0.259 e. The zero-order valence-corrected chi connectivity index (χ0v) is 14.5. The number of aryl methyl sites for hydroxylation is 1. The monoisotopic (exact) mass is 369 g/mol. The van der Waals surface area contributed by atoms with Crippen LogP contribution in [-0.4, -0.2) is 13.0 Å². The van der Waals surface area contributed by atoms with Gasteiger partial charge in [-0.2, -0.15) is 0 Å². The summed E-state index contributed by atoms with van der Waals surface area (Å²) >= 11 is 3.55. The molecule has 1 amide bonds. The molecule has 116 valence electrons. The predicted molar refractivity (Wildman–Crippen MR) is 97.3 cm³/mol. The predicted octanol–water partition coefficient (Wildman–Crippen LogP) is 5.17. The Bertz CT molecular complexity index is 890. The van der Waals surface area contributed by atoms with Gasteiger partial charge in [-0.05, 0) is 57.4 Å². The van der Waals surface area contributed by atoms with Crippen LogP contribution in [0.2, 0.25) is 0 Å². The zero-order valence-electron chi connectivity index (χ0n) is 12.9. The Morgan fingerprint density at radius 1 is 1.09 bits per heavy atom. The fraction of sp³-hybridized carbons (Fsp3) is 0.105. The van der Waals surface area contributed by atoms with Gasteiger partial charge in [0.2, 0.25) is 0 Å². The highest BCUT2D eigenvalue weighted by Crippen LogP contribution is 2.36. The van der Waals surface area contributed by atoms with Gasteiger partial charge in [0.1, 0.15) is 5.75 Å². The molecule has 0 atom stereocenters. The smallest absolute Gasteiger partial charge is 0.259 e. The number of methoxy groups -OCH3 is 1. The zero-order chi connectivity index (χ0) is 16.4. The van der Waals surface area contributed by atoms with E-state index in [0.29, 0.717) is 11.3 Å². The number of nitrogens with one attached hydrogen (secondary N) is 1. The first-order valence-electron chi connectivity index (χ1n) is 7.23. The van der Waals surface area contributed by atoms with Crippen molar-refractivity contribution in [3.63, 3.8) is 0 Å². The van der Waals surface area contributed by atoms with Crippen molar-refractivity contribution in [1.82, 2.24) is 0 Å². The summed E-state index contributed by atoms with van der Waals surface area (Å²) in [6.07, 6.45) is 0. The van der Waals surface area contributed by atoms with Gasteiger partial charge in [0.05, 0.1) is 17.1 Å². The van der Waals surface area contributed by atoms with Crippen LogP contribution in [0.25, 0.3) is 10.8 Å². The number of carbonyl (C=O) groups excluding carboxylic acids is 1. The van der Waals surface area contributed by atoms with E-state index in [0.717, 1.165) is 26.5 Å². The molecular formula is C19H16BrNO2. The van der Waals surface area contributed by atoms with E-state index in [4.69, 9.17) is 4.74 Å². The largest absolute Gasteiger partial charge is 0.495 e. The summed E-state index contributed by atoms with van der Waals surface area (Å²) in [5.74, 6) is 0.341. The van der Waals surface area contributed by atoms with Gasteiger partial charge in [0.25, 0.3) is 5.91 Å². The van der Waals surface area contributed by atoms with Crippen LogP contribution in [0.1, 0.15) is 15.9 Å². The van der Waals surface area contributed by atoms with E-state index in [1.54, 1.807) is 7.11 Å². The number of hydrogen-bond acceptors (Lipinski definition) is 2. The normalized spacial score (nSPS) is 10.6. The molecule has 3 aromatic carbocycles. The molecule has 0 bridgehead atoms. The van der Waals surface area contributed by atoms with Crippen LogP contribution in [0.5, 0.6) is 5.75 Å². The molecule has 0 spiro atoms. The highest BCUT2D eigenvalue weighted by Gasteiger charge is 2.18. The van der Waals surface area contributed by atoms with Gasteiger partial charge < -0.3 is 10.1 Å². The first-order valence-corrected chi connectivity index (χ1v) is 8.02. The number of anilines is 1. The van der Waals surface area contributed by atoms with Crippen molar-refractivity contribution in [2.45, 2.75) is 6.92 Å². The molecule has 0 radical (unpaired) electrons. The van der Waals surface area contributed by atoms with Crippen molar-refractivity contribution in [1.29, 1.82) is 0 Å². The summed E-state index contributed by atoms with van der Waals surface area (Å²) in [6.45, 7) is 1.99. The minimum atomic E-state index is -0.195. The molecule has 0 aliphatic heterocycles. The lowest BCUT2D eigenvalue weighted by atomic mass is 10.0. The maximum absolute atomic E-state index is 12.7. The highest BCUT2D eigenvalue weighted by molar-refractivity contribution is 9.10. The molecule has 3 nitrogen and oxygen atoms in total. The Morgan fingerprint density at radius 3 is 2.61 bits per heavy atom. The molecule has 0 heterocycles. The molecule has 0 unspecified atom stereocenters. The van der Waals surface area contributed by atoms with E-state index in [1.807, 2.05) is 61.5 Å². The van der Waals surface area contributed by atoms with Crippen LogP contribution in [0.4, 0.5) is 5.69 Å². The first-order chi connectivity index (χ1) is 11.1. The highest BCUT2D eigenvalue weighted by atomic mass is 79.9. The number of benzene rings is 3. The molecular weight excluding hydrogens is 354 g/mol. The van der Waals surface area contributed by atoms with Crippen molar-refractivity contribution >= 4 is 38.3 Å². The molecule has 3 aromatic rings. The van der Waals surface area contributed by atoms with Crippen molar-refractivity contribution in [2.24, 2.45) is 0 Å². The Kier molecular flexibility index (Phi) is 4.35. The number of amides is 1. The van der Waals surface area contributed by atoms with Gasteiger partial charge in [-0.1, -0.05) is 36.4 Å². The third-order valence-electron chi connectivity index (χ3n) is 3.67. The second-order valence-electron chi connectivity index (χ2n) is 5.32. The lowest BCUT2D eigenvalue weighted by Gasteiger charge is -2.13. The SMILES string of the molecule is COc1c(C(=O)Nc2cccc(C)c2)cc2ccccc2c1Br. The summed E-state index contributed by atoms with van der Waals surface area (Å²) in [4.78, 5) is 12.7. The molecule has 0 aliphatic carbocycles. The van der Waals surface area contributed by atoms with Gasteiger partial charge >= 0.3 is 0 Å². The van der Waals surface area contributed by atoms with Gasteiger partial charge in [0, 0.05) is 5.69 Å². The van der Waals surface area contributed by atoms with E-state index in [-0.39, 0.29) is 5.91 Å². The van der Waals surface area contributed by atoms with Gasteiger partial charge in [-0.15, -0.1) is 0 Å². The molecule has 23 heavy (non-hydrogen) atoms. The molecule has 4 heteroatoms. The summed E-state index contributed by atoms with van der Waals surface area (Å²) < 4.78 is 6.24. The summed E-state index contributed by atoms with van der Waals surface area (Å²) in [6, 6.07) is 17.4. The van der Waals surface area contributed by atoms with Crippen LogP contribution in [0, 0.1) is 6.92 Å². The number of hydrogen-bond donors (Lipinski definition) is 1. The summed E-state index contributed by atoms with van der Waals surface area (Å²) in [5, 5.41) is 4.92. The minimum absolute atomic E-state index is 0.195. The first kappa shape index (κ1) is 15.6. The van der Waals surface area contributed by atoms with Crippen LogP contribution < -0.4 is 10.1 Å². The fourth-order valence-electron chi connectivity index (χ4n) is 2.57. The molecule has 3 rings (SSSR count). The van der Waals surface area contributed by atoms with Crippen molar-refractivity contribution < 1.29 is 9.53 Å². The molecule has 0 fully saturated rings. The molecule has 0 aliphatic rings. The van der Waals surface area contributed by atoms with E-state index in [9.17, 15) is 4.79 Å². The van der Waals surface area contributed by atoms with Crippen LogP contribution >= 0.6 is 15.9 Å². The van der Waals surface area contributed by atoms with Crippen molar-refractivity contribution in [2.75, 3.05) is 12.4 Å². The Morgan fingerprint density at radius 2 is 1.87 bits per heavy atom. The maximum atomic E-state index is 12.7. The lowest BCUT2D eigenvalue weighted by Crippen LogP contribution is -2.13. The van der Waals surface area contributed by atoms with Gasteiger partial charge in [0.15, 0.2) is 0 Å². The Labute approximate surface area is 143 Å².